The monoisotopic (exact) mass is 177 g/mol. The van der Waals surface area contributed by atoms with E-state index in [-0.39, 0.29) is 0 Å². The summed E-state index contributed by atoms with van der Waals surface area (Å²) in [4.78, 5) is 4.03. The van der Waals surface area contributed by atoms with Gasteiger partial charge in [-0.25, -0.2) is 0 Å². The Labute approximate surface area is 79.4 Å². The molecule has 0 aliphatic carbocycles. The molecule has 0 aromatic carbocycles. The molecule has 1 aliphatic heterocycles. The van der Waals surface area contributed by atoms with Gasteiger partial charge >= 0.3 is 0 Å². The van der Waals surface area contributed by atoms with Crippen molar-refractivity contribution in [2.45, 2.75) is 19.3 Å². The summed E-state index contributed by atoms with van der Waals surface area (Å²) < 4.78 is 0. The highest BCUT2D eigenvalue weighted by molar-refractivity contribution is 5.10. The maximum Gasteiger partial charge on any atom is 0.0758 e. The molecule has 2 heterocycles. The van der Waals surface area contributed by atoms with Gasteiger partial charge in [0, 0.05) is 12.4 Å². The van der Waals surface area contributed by atoms with E-state index in [9.17, 15) is 0 Å². The summed E-state index contributed by atoms with van der Waals surface area (Å²) in [5.41, 5.74) is 1.45. The zero-order valence-electron chi connectivity index (χ0n) is 7.95. The minimum Gasteiger partial charge on any atom is -0.346 e. The molecule has 1 saturated heterocycles. The highest BCUT2D eigenvalue weighted by Gasteiger charge is 2.15. The lowest BCUT2D eigenvalue weighted by Crippen LogP contribution is -2.86. The molecule has 70 valence electrons. The highest BCUT2D eigenvalue weighted by Crippen LogP contribution is 2.15. The predicted molar refractivity (Wildman–Crippen MR) is 52.3 cm³/mol. The van der Waals surface area contributed by atoms with Crippen LogP contribution in [0.5, 0.6) is 0 Å². The highest BCUT2D eigenvalue weighted by atomic mass is 14.9. The summed E-state index contributed by atoms with van der Waals surface area (Å²) in [6, 6.07) is 4.27. The number of nitrogens with zero attached hydrogens (tertiary/aromatic N) is 1. The van der Waals surface area contributed by atoms with Crippen molar-refractivity contribution in [2.24, 2.45) is 5.92 Å². The lowest BCUT2D eigenvalue weighted by Gasteiger charge is -2.19. The van der Waals surface area contributed by atoms with Crippen molar-refractivity contribution in [1.29, 1.82) is 0 Å². The van der Waals surface area contributed by atoms with E-state index in [0.717, 1.165) is 5.92 Å². The maximum absolute atomic E-state index is 4.03. The minimum atomic E-state index is 0.910. The zero-order chi connectivity index (χ0) is 8.93. The minimum absolute atomic E-state index is 0.910. The van der Waals surface area contributed by atoms with E-state index in [1.54, 1.807) is 0 Å². The summed E-state index contributed by atoms with van der Waals surface area (Å²) in [6.45, 7) is 2.63. The molecular formula is C11H17N2+. The van der Waals surface area contributed by atoms with Gasteiger partial charge in [-0.15, -0.1) is 0 Å². The lowest BCUT2D eigenvalue weighted by molar-refractivity contribution is -0.664. The molecule has 13 heavy (non-hydrogen) atoms. The van der Waals surface area contributed by atoms with Crippen LogP contribution in [-0.4, -0.2) is 18.1 Å². The van der Waals surface area contributed by atoms with E-state index in [1.165, 1.54) is 37.9 Å². The third-order valence-corrected chi connectivity index (χ3v) is 2.83. The summed E-state index contributed by atoms with van der Waals surface area (Å²) in [5, 5.41) is 2.42. The van der Waals surface area contributed by atoms with Gasteiger partial charge in [-0.1, -0.05) is 0 Å². The summed E-state index contributed by atoms with van der Waals surface area (Å²) >= 11 is 0. The number of quaternary nitrogens is 1. The Morgan fingerprint density at radius 1 is 1.23 bits per heavy atom. The Kier molecular flexibility index (Phi) is 2.93. The van der Waals surface area contributed by atoms with Crippen LogP contribution >= 0.6 is 0 Å². The van der Waals surface area contributed by atoms with Crippen LogP contribution in [0.4, 0.5) is 0 Å². The Morgan fingerprint density at radius 2 is 1.92 bits per heavy atom. The molecule has 2 rings (SSSR count). The molecule has 0 saturated carbocycles. The first-order valence-corrected chi connectivity index (χ1v) is 5.16. The van der Waals surface area contributed by atoms with Crippen molar-refractivity contribution in [3.05, 3.63) is 30.1 Å². The van der Waals surface area contributed by atoms with E-state index in [0.29, 0.717) is 0 Å². The quantitative estimate of drug-likeness (QED) is 0.704. The van der Waals surface area contributed by atoms with Gasteiger partial charge in [0.15, 0.2) is 0 Å². The first-order chi connectivity index (χ1) is 6.45. The van der Waals surface area contributed by atoms with Crippen LogP contribution in [0.2, 0.25) is 0 Å². The molecule has 0 bridgehead atoms. The Bertz CT molecular complexity index is 240. The van der Waals surface area contributed by atoms with Crippen LogP contribution in [0.3, 0.4) is 0 Å². The first-order valence-electron chi connectivity index (χ1n) is 5.16. The van der Waals surface area contributed by atoms with Crippen LogP contribution in [0.15, 0.2) is 24.5 Å². The second kappa shape index (κ2) is 4.38. The van der Waals surface area contributed by atoms with E-state index in [1.807, 2.05) is 12.4 Å². The largest absolute Gasteiger partial charge is 0.346 e. The van der Waals surface area contributed by atoms with Gasteiger partial charge in [-0.2, -0.15) is 0 Å². The van der Waals surface area contributed by atoms with Crippen LogP contribution in [-0.2, 0) is 6.42 Å². The van der Waals surface area contributed by atoms with Gasteiger partial charge in [-0.05, 0) is 42.9 Å². The fourth-order valence-electron chi connectivity index (χ4n) is 2.05. The van der Waals surface area contributed by atoms with Gasteiger partial charge < -0.3 is 5.32 Å². The van der Waals surface area contributed by atoms with E-state index >= 15 is 0 Å². The second-order valence-corrected chi connectivity index (χ2v) is 3.87. The van der Waals surface area contributed by atoms with E-state index < -0.39 is 0 Å². The molecular weight excluding hydrogens is 160 g/mol. The number of aromatic nitrogens is 1. The van der Waals surface area contributed by atoms with Crippen molar-refractivity contribution >= 4 is 0 Å². The topological polar surface area (TPSA) is 29.5 Å². The molecule has 1 aromatic rings. The van der Waals surface area contributed by atoms with Crippen molar-refractivity contribution < 1.29 is 5.32 Å². The van der Waals surface area contributed by atoms with Crippen LogP contribution < -0.4 is 5.32 Å². The van der Waals surface area contributed by atoms with Gasteiger partial charge in [-0.3, -0.25) is 4.98 Å². The molecule has 2 heteroatoms. The molecule has 2 nitrogen and oxygen atoms in total. The van der Waals surface area contributed by atoms with Crippen molar-refractivity contribution in [3.63, 3.8) is 0 Å². The molecule has 0 spiro atoms. The zero-order valence-corrected chi connectivity index (χ0v) is 7.95. The normalized spacial score (nSPS) is 18.8. The Balaban J connectivity index is 1.90. The van der Waals surface area contributed by atoms with Crippen LogP contribution in [0.25, 0.3) is 0 Å². The number of nitrogens with two attached hydrogens (primary N) is 1. The van der Waals surface area contributed by atoms with Crippen molar-refractivity contribution in [2.75, 3.05) is 13.1 Å². The molecule has 0 radical (unpaired) electrons. The van der Waals surface area contributed by atoms with Gasteiger partial charge in [0.2, 0.25) is 0 Å². The first kappa shape index (κ1) is 8.70. The molecule has 1 aromatic heterocycles. The average molecular weight is 177 g/mol. The van der Waals surface area contributed by atoms with E-state index in [2.05, 4.69) is 22.4 Å². The molecule has 0 atom stereocenters. The SMILES string of the molecule is c1cc(CC2CC[NH2+]CC2)ccn1. The lowest BCUT2D eigenvalue weighted by atomic mass is 9.91. The third-order valence-electron chi connectivity index (χ3n) is 2.83. The smallest absolute Gasteiger partial charge is 0.0758 e. The molecule has 0 amide bonds. The summed E-state index contributed by atoms with van der Waals surface area (Å²) in [7, 11) is 0. The maximum atomic E-state index is 4.03. The number of rotatable bonds is 2. The molecule has 1 fully saturated rings. The van der Waals surface area contributed by atoms with Gasteiger partial charge in [0.25, 0.3) is 0 Å². The van der Waals surface area contributed by atoms with E-state index in [4.69, 9.17) is 0 Å². The van der Waals surface area contributed by atoms with Crippen LogP contribution in [0.1, 0.15) is 18.4 Å². The van der Waals surface area contributed by atoms with Crippen molar-refractivity contribution in [1.82, 2.24) is 4.98 Å². The fourth-order valence-corrected chi connectivity index (χ4v) is 2.05. The summed E-state index contributed by atoms with van der Waals surface area (Å²) in [5.74, 6) is 0.910. The molecule has 2 N–H and O–H groups in total. The average Bonchev–Trinajstić information content (AvgIpc) is 2.21. The van der Waals surface area contributed by atoms with Crippen molar-refractivity contribution in [3.8, 4) is 0 Å². The number of pyridine rings is 1. The third kappa shape index (κ3) is 2.52. The molecule has 0 unspecified atom stereocenters. The Hall–Kier alpha value is -0.890. The Morgan fingerprint density at radius 3 is 2.62 bits per heavy atom. The predicted octanol–water partition coefficient (Wildman–Crippen LogP) is 0.597. The summed E-state index contributed by atoms with van der Waals surface area (Å²) in [6.07, 6.45) is 7.79. The number of hydrogen-bond donors (Lipinski definition) is 1. The second-order valence-electron chi connectivity index (χ2n) is 3.87. The van der Waals surface area contributed by atoms with Crippen LogP contribution in [0, 0.1) is 5.92 Å². The number of piperidine rings is 1. The fraction of sp³-hybridized carbons (Fsp3) is 0.545. The molecule has 1 aliphatic rings. The van der Waals surface area contributed by atoms with Gasteiger partial charge in [0.1, 0.15) is 0 Å². The standard InChI is InChI=1S/C11H16N2/c1-5-12-6-2-10(1)9-11-3-7-13-8-4-11/h1-2,5-6,11,13H,3-4,7-9H2/p+1. The van der Waals surface area contributed by atoms with Gasteiger partial charge in [0.05, 0.1) is 13.1 Å². The number of hydrogen-bond acceptors (Lipinski definition) is 1.